The summed E-state index contributed by atoms with van der Waals surface area (Å²) in [6.45, 7) is -0.114. The van der Waals surface area contributed by atoms with Crippen LogP contribution < -0.4 is 5.32 Å². The van der Waals surface area contributed by atoms with Crippen LogP contribution in [0.5, 0.6) is 0 Å². The Bertz CT molecular complexity index is 627. The number of rotatable bonds is 5. The summed E-state index contributed by atoms with van der Waals surface area (Å²) in [4.78, 5) is 24.6. The molecule has 130 valence electrons. The second-order valence-corrected chi connectivity index (χ2v) is 8.89. The SMILES string of the molecule is O=C(CNC(=O)C12CC3CC(CC(C3)C1)C2)OCc1nnsc1Cl. The third-order valence-electron chi connectivity index (χ3n) is 5.79. The molecule has 0 atom stereocenters. The molecule has 0 saturated heterocycles. The highest BCUT2D eigenvalue weighted by Crippen LogP contribution is 2.60. The number of nitrogens with one attached hydrogen (secondary N) is 1. The summed E-state index contributed by atoms with van der Waals surface area (Å²) in [6, 6.07) is 0. The molecule has 1 N–H and O–H groups in total. The molecule has 4 aliphatic rings. The van der Waals surface area contributed by atoms with Gasteiger partial charge in [0.05, 0.1) is 0 Å². The summed E-state index contributed by atoms with van der Waals surface area (Å²) in [5.74, 6) is 1.67. The fraction of sp³-hybridized carbons (Fsp3) is 0.750. The lowest BCUT2D eigenvalue weighted by atomic mass is 9.49. The van der Waals surface area contributed by atoms with Crippen LogP contribution in [0, 0.1) is 23.2 Å². The van der Waals surface area contributed by atoms with Crippen molar-refractivity contribution in [3.05, 3.63) is 10.0 Å². The number of aromatic nitrogens is 2. The summed E-state index contributed by atoms with van der Waals surface area (Å²) in [6.07, 6.45) is 6.82. The molecule has 4 fully saturated rings. The zero-order valence-electron chi connectivity index (χ0n) is 13.3. The molecule has 24 heavy (non-hydrogen) atoms. The average molecular weight is 370 g/mol. The molecule has 1 amide bonds. The molecule has 0 aliphatic heterocycles. The maximum atomic E-state index is 12.7. The number of hydrogen-bond donors (Lipinski definition) is 1. The van der Waals surface area contributed by atoms with E-state index in [0.717, 1.165) is 30.8 Å². The Morgan fingerprint density at radius 1 is 1.21 bits per heavy atom. The van der Waals surface area contributed by atoms with Crippen LogP contribution in [0.15, 0.2) is 0 Å². The van der Waals surface area contributed by atoms with Crippen LogP contribution in [-0.4, -0.2) is 28.0 Å². The number of esters is 1. The normalized spacial score (nSPS) is 33.5. The first-order valence-corrected chi connectivity index (χ1v) is 9.60. The van der Waals surface area contributed by atoms with Gasteiger partial charge in [0.25, 0.3) is 0 Å². The van der Waals surface area contributed by atoms with Crippen LogP contribution >= 0.6 is 23.1 Å². The van der Waals surface area contributed by atoms with Crippen LogP contribution in [0.1, 0.15) is 44.2 Å². The van der Waals surface area contributed by atoms with E-state index >= 15 is 0 Å². The zero-order chi connectivity index (χ0) is 16.7. The van der Waals surface area contributed by atoms with E-state index in [0.29, 0.717) is 27.8 Å². The Balaban J connectivity index is 1.29. The van der Waals surface area contributed by atoms with Gasteiger partial charge in [0.2, 0.25) is 5.91 Å². The molecule has 0 radical (unpaired) electrons. The van der Waals surface area contributed by atoms with Gasteiger partial charge in [-0.2, -0.15) is 0 Å². The smallest absolute Gasteiger partial charge is 0.325 e. The molecule has 8 heteroatoms. The highest BCUT2D eigenvalue weighted by atomic mass is 35.5. The van der Waals surface area contributed by atoms with Crippen molar-refractivity contribution in [3.8, 4) is 0 Å². The van der Waals surface area contributed by atoms with Gasteiger partial charge in [-0.05, 0) is 56.3 Å². The molecule has 1 aromatic heterocycles. The van der Waals surface area contributed by atoms with Gasteiger partial charge in [0.1, 0.15) is 23.2 Å². The van der Waals surface area contributed by atoms with E-state index in [2.05, 4.69) is 14.9 Å². The monoisotopic (exact) mass is 369 g/mol. The van der Waals surface area contributed by atoms with Crippen LogP contribution in [0.2, 0.25) is 4.34 Å². The first-order valence-electron chi connectivity index (χ1n) is 8.45. The van der Waals surface area contributed by atoms with E-state index in [-0.39, 0.29) is 24.5 Å². The van der Waals surface area contributed by atoms with Gasteiger partial charge in [-0.15, -0.1) is 5.10 Å². The molecule has 4 aliphatic carbocycles. The Labute approximate surface area is 149 Å². The molecule has 4 saturated carbocycles. The van der Waals surface area contributed by atoms with Gasteiger partial charge in [0, 0.05) is 16.9 Å². The highest BCUT2D eigenvalue weighted by molar-refractivity contribution is 7.10. The van der Waals surface area contributed by atoms with E-state index in [4.69, 9.17) is 16.3 Å². The molecule has 6 nitrogen and oxygen atoms in total. The van der Waals surface area contributed by atoms with E-state index in [9.17, 15) is 9.59 Å². The highest BCUT2D eigenvalue weighted by Gasteiger charge is 2.54. The van der Waals surface area contributed by atoms with Gasteiger partial charge in [-0.3, -0.25) is 9.59 Å². The number of hydrogen-bond acceptors (Lipinski definition) is 6. The van der Waals surface area contributed by atoms with Crippen molar-refractivity contribution in [1.82, 2.24) is 14.9 Å². The molecule has 1 aromatic rings. The third kappa shape index (κ3) is 3.04. The van der Waals surface area contributed by atoms with Crippen molar-refractivity contribution in [3.63, 3.8) is 0 Å². The minimum Gasteiger partial charge on any atom is -0.458 e. The molecule has 1 heterocycles. The van der Waals surface area contributed by atoms with Gasteiger partial charge in [0.15, 0.2) is 0 Å². The first kappa shape index (κ1) is 16.3. The number of nitrogens with zero attached hydrogens (tertiary/aromatic N) is 2. The first-order chi connectivity index (χ1) is 11.5. The number of carbonyl (C=O) groups excluding carboxylic acids is 2. The van der Waals surface area contributed by atoms with E-state index in [1.54, 1.807) is 0 Å². The predicted molar refractivity (Wildman–Crippen MR) is 88.3 cm³/mol. The van der Waals surface area contributed by atoms with Crippen LogP contribution in [0.3, 0.4) is 0 Å². The Hall–Kier alpha value is -1.21. The maximum Gasteiger partial charge on any atom is 0.325 e. The Kier molecular flexibility index (Phi) is 4.24. The summed E-state index contributed by atoms with van der Waals surface area (Å²) in [5, 5.41) is 6.59. The topological polar surface area (TPSA) is 81.2 Å². The van der Waals surface area contributed by atoms with Crippen molar-refractivity contribution < 1.29 is 14.3 Å². The summed E-state index contributed by atoms with van der Waals surface area (Å²) in [5.41, 5.74) is 0.208. The summed E-state index contributed by atoms with van der Waals surface area (Å²) < 4.78 is 9.20. The van der Waals surface area contributed by atoms with Crippen molar-refractivity contribution in [2.75, 3.05) is 6.54 Å². The number of halogens is 1. The molecule has 0 unspecified atom stereocenters. The van der Waals surface area contributed by atoms with E-state index < -0.39 is 5.97 Å². The van der Waals surface area contributed by atoms with Gasteiger partial charge in [-0.1, -0.05) is 16.1 Å². The Morgan fingerprint density at radius 2 is 1.83 bits per heavy atom. The lowest BCUT2D eigenvalue weighted by Gasteiger charge is -2.55. The van der Waals surface area contributed by atoms with Crippen molar-refractivity contribution in [1.29, 1.82) is 0 Å². The molecule has 5 rings (SSSR count). The van der Waals surface area contributed by atoms with Crippen molar-refractivity contribution in [2.45, 2.75) is 45.1 Å². The maximum absolute atomic E-state index is 12.7. The Morgan fingerprint density at radius 3 is 2.38 bits per heavy atom. The van der Waals surface area contributed by atoms with Gasteiger partial charge in [-0.25, -0.2) is 0 Å². The molecule has 0 spiro atoms. The molecule has 4 bridgehead atoms. The second kappa shape index (κ2) is 6.26. The van der Waals surface area contributed by atoms with Crippen molar-refractivity contribution in [2.24, 2.45) is 23.2 Å². The predicted octanol–water partition coefficient (Wildman–Crippen LogP) is 2.57. The number of carbonyl (C=O) groups is 2. The minimum atomic E-state index is -0.475. The zero-order valence-corrected chi connectivity index (χ0v) is 14.9. The quantitative estimate of drug-likeness (QED) is 0.807. The molecular weight excluding hydrogens is 350 g/mol. The number of amides is 1. The van der Waals surface area contributed by atoms with Crippen LogP contribution in [0.4, 0.5) is 0 Å². The summed E-state index contributed by atoms with van der Waals surface area (Å²) >= 11 is 6.91. The standard InChI is InChI=1S/C16H20ClN3O3S/c17-14-12(19-20-24-14)8-23-13(21)7-18-15(22)16-4-9-1-10(5-16)3-11(2-9)6-16/h9-11H,1-8H2,(H,18,22). The van der Waals surface area contributed by atoms with Crippen molar-refractivity contribution >= 4 is 35.0 Å². The van der Waals surface area contributed by atoms with Crippen LogP contribution in [0.25, 0.3) is 0 Å². The van der Waals surface area contributed by atoms with E-state index in [1.165, 1.54) is 19.3 Å². The largest absolute Gasteiger partial charge is 0.458 e. The second-order valence-electron chi connectivity index (χ2n) is 7.53. The molecular formula is C16H20ClN3O3S. The summed E-state index contributed by atoms with van der Waals surface area (Å²) in [7, 11) is 0. The fourth-order valence-corrected chi connectivity index (χ4v) is 5.81. The molecule has 0 aromatic carbocycles. The minimum absolute atomic E-state index is 0.0125. The fourth-order valence-electron chi connectivity index (χ4n) is 5.21. The lowest BCUT2D eigenvalue weighted by Crippen LogP contribution is -2.54. The lowest BCUT2D eigenvalue weighted by molar-refractivity contribution is -0.151. The van der Waals surface area contributed by atoms with Crippen LogP contribution in [-0.2, 0) is 20.9 Å². The van der Waals surface area contributed by atoms with E-state index in [1.807, 2.05) is 0 Å². The average Bonchev–Trinajstić information content (AvgIpc) is 2.94. The third-order valence-corrected chi connectivity index (χ3v) is 6.78. The van der Waals surface area contributed by atoms with Gasteiger partial charge >= 0.3 is 5.97 Å². The number of ether oxygens (including phenoxy) is 1. The van der Waals surface area contributed by atoms with Gasteiger partial charge < -0.3 is 10.1 Å².